The summed E-state index contributed by atoms with van der Waals surface area (Å²) in [7, 11) is 0. The molecule has 1 N–H and O–H groups in total. The van der Waals surface area contributed by atoms with E-state index in [2.05, 4.69) is 0 Å². The first-order valence-electron chi connectivity index (χ1n) is 11.7. The first-order chi connectivity index (χ1) is 18.6. The Labute approximate surface area is 245 Å². The second-order valence-corrected chi connectivity index (χ2v) is 10.7. The highest BCUT2D eigenvalue weighted by Crippen LogP contribution is 2.41. The monoisotopic (exact) mass is 604 g/mol. The van der Waals surface area contributed by atoms with Crippen molar-refractivity contribution in [2.45, 2.75) is 20.8 Å². The van der Waals surface area contributed by atoms with Crippen molar-refractivity contribution in [1.29, 1.82) is 0 Å². The number of amides is 1. The standard InChI is InChI=1S/C28H23Cl3N2O5S/c1-4-37-23-10-17(9-22(31)26(23)38-14-25(34)35)11-24-27(36)33(19-8-6-16(3)21(30)13-19)28(39-24)32-18-7-5-15(2)20(29)12-18/h5-13H,4,14H2,1-3H3,(H,34,35)/b24-11+,32-28?. The fourth-order valence-electron chi connectivity index (χ4n) is 3.62. The molecule has 1 fully saturated rings. The van der Waals surface area contributed by atoms with Crippen LogP contribution in [0, 0.1) is 13.8 Å². The third kappa shape index (κ3) is 6.70. The highest BCUT2D eigenvalue weighted by Gasteiger charge is 2.35. The molecular weight excluding hydrogens is 583 g/mol. The number of hydrogen-bond donors (Lipinski definition) is 1. The van der Waals surface area contributed by atoms with Crippen molar-refractivity contribution < 1.29 is 24.2 Å². The van der Waals surface area contributed by atoms with E-state index in [1.807, 2.05) is 32.0 Å². The van der Waals surface area contributed by atoms with Crippen LogP contribution in [0.25, 0.3) is 6.08 Å². The van der Waals surface area contributed by atoms with Crippen LogP contribution in [0.4, 0.5) is 11.4 Å². The van der Waals surface area contributed by atoms with E-state index in [1.165, 1.54) is 16.7 Å². The van der Waals surface area contributed by atoms with E-state index in [4.69, 9.17) is 54.4 Å². The fourth-order valence-corrected chi connectivity index (χ4v) is 5.24. The van der Waals surface area contributed by atoms with Crippen molar-refractivity contribution in [3.63, 3.8) is 0 Å². The summed E-state index contributed by atoms with van der Waals surface area (Å²) in [5.74, 6) is -1.08. The highest BCUT2D eigenvalue weighted by molar-refractivity contribution is 8.19. The summed E-state index contributed by atoms with van der Waals surface area (Å²) in [6.45, 7) is 5.27. The topological polar surface area (TPSA) is 88.4 Å². The molecule has 1 aliphatic heterocycles. The number of aliphatic carboxylic acids is 1. The van der Waals surface area contributed by atoms with E-state index in [0.717, 1.165) is 11.1 Å². The summed E-state index contributed by atoms with van der Waals surface area (Å²) in [6.07, 6.45) is 1.66. The predicted octanol–water partition coefficient (Wildman–Crippen LogP) is 7.93. The third-order valence-electron chi connectivity index (χ3n) is 5.57. The van der Waals surface area contributed by atoms with Crippen molar-refractivity contribution in [2.75, 3.05) is 18.1 Å². The zero-order valence-corrected chi connectivity index (χ0v) is 24.2. The van der Waals surface area contributed by atoms with Gasteiger partial charge >= 0.3 is 5.97 Å². The molecule has 0 unspecified atom stereocenters. The maximum Gasteiger partial charge on any atom is 0.341 e. The molecule has 1 amide bonds. The van der Waals surface area contributed by atoms with Gasteiger partial charge in [-0.2, -0.15) is 0 Å². The number of benzene rings is 3. The number of thioether (sulfide) groups is 1. The normalized spacial score (nSPS) is 15.3. The van der Waals surface area contributed by atoms with Crippen LogP contribution in [0.1, 0.15) is 23.6 Å². The number of anilines is 1. The highest BCUT2D eigenvalue weighted by atomic mass is 35.5. The van der Waals surface area contributed by atoms with E-state index < -0.39 is 12.6 Å². The molecule has 0 atom stereocenters. The number of rotatable bonds is 8. The van der Waals surface area contributed by atoms with Gasteiger partial charge in [0.05, 0.1) is 27.9 Å². The number of aryl methyl sites for hydroxylation is 2. The van der Waals surface area contributed by atoms with Crippen molar-refractivity contribution in [1.82, 2.24) is 0 Å². The maximum atomic E-state index is 13.7. The van der Waals surface area contributed by atoms with E-state index in [-0.39, 0.29) is 22.4 Å². The summed E-state index contributed by atoms with van der Waals surface area (Å²) >= 11 is 20.3. The minimum atomic E-state index is -1.15. The number of nitrogens with zero attached hydrogens (tertiary/aromatic N) is 2. The number of carboxylic acids is 1. The Morgan fingerprint density at radius 3 is 2.33 bits per heavy atom. The lowest BCUT2D eigenvalue weighted by atomic mass is 10.1. The summed E-state index contributed by atoms with van der Waals surface area (Å²) in [4.78, 5) is 31.3. The van der Waals surface area contributed by atoms with Crippen LogP contribution in [0.3, 0.4) is 0 Å². The van der Waals surface area contributed by atoms with Gasteiger partial charge in [-0.1, -0.05) is 46.9 Å². The second kappa shape index (κ2) is 12.3. The van der Waals surface area contributed by atoms with Crippen LogP contribution in [0.2, 0.25) is 15.1 Å². The lowest BCUT2D eigenvalue weighted by Crippen LogP contribution is -2.28. The van der Waals surface area contributed by atoms with Gasteiger partial charge in [-0.05, 0) is 91.7 Å². The lowest BCUT2D eigenvalue weighted by molar-refractivity contribution is -0.139. The minimum Gasteiger partial charge on any atom is -0.490 e. The quantitative estimate of drug-likeness (QED) is 0.262. The van der Waals surface area contributed by atoms with E-state index in [9.17, 15) is 9.59 Å². The van der Waals surface area contributed by atoms with E-state index >= 15 is 0 Å². The fraction of sp³-hybridized carbons (Fsp3) is 0.179. The Kier molecular flexibility index (Phi) is 9.12. The molecule has 11 heteroatoms. The number of amidine groups is 1. The van der Waals surface area contributed by atoms with Gasteiger partial charge in [0.15, 0.2) is 23.3 Å². The van der Waals surface area contributed by atoms with Crippen LogP contribution in [0.15, 0.2) is 58.4 Å². The zero-order chi connectivity index (χ0) is 28.3. The number of carbonyl (C=O) groups is 2. The second-order valence-electron chi connectivity index (χ2n) is 8.46. The number of aliphatic imine (C=N–C) groups is 1. The summed E-state index contributed by atoms with van der Waals surface area (Å²) in [5, 5.41) is 10.6. The molecule has 39 heavy (non-hydrogen) atoms. The SMILES string of the molecule is CCOc1cc(/C=C2/SC(=Nc3ccc(C)c(Cl)c3)N(c3ccc(C)c(Cl)c3)C2=O)cc(Cl)c1OCC(=O)O. The molecule has 1 saturated heterocycles. The molecule has 0 aromatic heterocycles. The van der Waals surface area contributed by atoms with Gasteiger partial charge in [-0.3, -0.25) is 9.69 Å². The lowest BCUT2D eigenvalue weighted by Gasteiger charge is -2.16. The molecule has 0 bridgehead atoms. The van der Waals surface area contributed by atoms with Crippen molar-refractivity contribution >= 4 is 81.1 Å². The van der Waals surface area contributed by atoms with Gasteiger partial charge in [-0.15, -0.1) is 0 Å². The van der Waals surface area contributed by atoms with Gasteiger partial charge in [0, 0.05) is 10.0 Å². The molecule has 1 aliphatic rings. The van der Waals surface area contributed by atoms with Crippen LogP contribution in [0.5, 0.6) is 11.5 Å². The van der Waals surface area contributed by atoms with Gasteiger partial charge in [-0.25, -0.2) is 9.79 Å². The van der Waals surface area contributed by atoms with Gasteiger partial charge < -0.3 is 14.6 Å². The molecule has 4 rings (SSSR count). The molecule has 3 aromatic carbocycles. The van der Waals surface area contributed by atoms with Crippen molar-refractivity contribution in [2.24, 2.45) is 4.99 Å². The Balaban J connectivity index is 1.78. The smallest absolute Gasteiger partial charge is 0.341 e. The van der Waals surface area contributed by atoms with Gasteiger partial charge in [0.25, 0.3) is 5.91 Å². The molecule has 0 saturated carbocycles. The van der Waals surface area contributed by atoms with Crippen LogP contribution < -0.4 is 14.4 Å². The predicted molar refractivity (Wildman–Crippen MR) is 158 cm³/mol. The van der Waals surface area contributed by atoms with Crippen molar-refractivity contribution in [3.8, 4) is 11.5 Å². The first-order valence-corrected chi connectivity index (χ1v) is 13.7. The average Bonchev–Trinajstić information content (AvgIpc) is 3.17. The molecule has 0 spiro atoms. The summed E-state index contributed by atoms with van der Waals surface area (Å²) < 4.78 is 11.0. The minimum absolute atomic E-state index is 0.114. The van der Waals surface area contributed by atoms with Gasteiger partial charge in [0.1, 0.15) is 0 Å². The Hall–Kier alpha value is -3.17. The molecule has 7 nitrogen and oxygen atoms in total. The Morgan fingerprint density at radius 1 is 1.00 bits per heavy atom. The Bertz CT molecular complexity index is 1520. The largest absolute Gasteiger partial charge is 0.490 e. The molecule has 1 heterocycles. The Morgan fingerprint density at radius 2 is 1.69 bits per heavy atom. The third-order valence-corrected chi connectivity index (χ3v) is 7.63. The first kappa shape index (κ1) is 28.8. The summed E-state index contributed by atoms with van der Waals surface area (Å²) in [5.41, 5.74) is 3.50. The number of ether oxygens (including phenoxy) is 2. The molecule has 202 valence electrons. The van der Waals surface area contributed by atoms with Crippen LogP contribution in [-0.4, -0.2) is 35.4 Å². The average molecular weight is 606 g/mol. The number of halogens is 3. The molecule has 3 aromatic rings. The maximum absolute atomic E-state index is 13.7. The van der Waals surface area contributed by atoms with Crippen LogP contribution in [-0.2, 0) is 9.59 Å². The zero-order valence-electron chi connectivity index (χ0n) is 21.1. The molecular formula is C28H23Cl3N2O5S. The van der Waals surface area contributed by atoms with Crippen LogP contribution >= 0.6 is 46.6 Å². The molecule has 0 aliphatic carbocycles. The number of carbonyl (C=O) groups excluding carboxylic acids is 1. The molecule has 0 radical (unpaired) electrons. The number of carboxylic acid groups (broad SMARTS) is 1. The number of hydrogen-bond acceptors (Lipinski definition) is 6. The van der Waals surface area contributed by atoms with Crippen molar-refractivity contribution in [3.05, 3.63) is 85.2 Å². The summed E-state index contributed by atoms with van der Waals surface area (Å²) in [6, 6.07) is 14.0. The van der Waals surface area contributed by atoms with E-state index in [1.54, 1.807) is 43.3 Å². The van der Waals surface area contributed by atoms with E-state index in [0.29, 0.717) is 43.7 Å². The van der Waals surface area contributed by atoms with Gasteiger partial charge in [0.2, 0.25) is 0 Å².